The number of ether oxygens (including phenoxy) is 1. The molecule has 8 heteroatoms. The summed E-state index contributed by atoms with van der Waals surface area (Å²) in [5, 5.41) is 3.53. The van der Waals surface area contributed by atoms with Crippen LogP contribution in [0.2, 0.25) is 0 Å². The van der Waals surface area contributed by atoms with Crippen LogP contribution in [0.15, 0.2) is 52.1 Å². The van der Waals surface area contributed by atoms with Crippen molar-refractivity contribution in [3.05, 3.63) is 59.7 Å². The lowest BCUT2D eigenvalue weighted by atomic mass is 10.2. The summed E-state index contributed by atoms with van der Waals surface area (Å²) in [7, 11) is 0. The van der Waals surface area contributed by atoms with Crippen molar-refractivity contribution in [3.8, 4) is 17.3 Å². The van der Waals surface area contributed by atoms with Gasteiger partial charge < -0.3 is 14.5 Å². The van der Waals surface area contributed by atoms with E-state index in [4.69, 9.17) is 9.15 Å². The first-order chi connectivity index (χ1) is 14.1. The minimum absolute atomic E-state index is 0.197. The highest BCUT2D eigenvalue weighted by Crippen LogP contribution is 2.25. The van der Waals surface area contributed by atoms with Gasteiger partial charge in [-0.05, 0) is 62.4 Å². The number of amides is 1. The molecule has 3 rings (SSSR count). The topological polar surface area (TPSA) is 77.2 Å². The fourth-order valence-electron chi connectivity index (χ4n) is 2.71. The van der Waals surface area contributed by atoms with Gasteiger partial charge in [-0.3, -0.25) is 4.79 Å². The molecule has 0 unspecified atom stereocenters. The van der Waals surface area contributed by atoms with Crippen LogP contribution in [0.25, 0.3) is 11.6 Å². The Morgan fingerprint density at radius 3 is 2.69 bits per heavy atom. The van der Waals surface area contributed by atoms with Crippen LogP contribution in [0.1, 0.15) is 28.9 Å². The van der Waals surface area contributed by atoms with Crippen molar-refractivity contribution >= 4 is 17.7 Å². The molecule has 0 aliphatic heterocycles. The Hall–Kier alpha value is -2.87. The number of rotatable bonds is 9. The summed E-state index contributed by atoms with van der Waals surface area (Å²) < 4.78 is 23.8. The van der Waals surface area contributed by atoms with Gasteiger partial charge in [0, 0.05) is 6.54 Å². The molecular weight excluding hydrogens is 393 g/mol. The third kappa shape index (κ3) is 5.57. The Morgan fingerprint density at radius 1 is 1.21 bits per heavy atom. The molecule has 1 N–H and O–H groups in total. The smallest absolute Gasteiger partial charge is 0.255 e. The average molecular weight is 415 g/mol. The number of unbranched alkanes of at least 4 members (excludes halogenated alkanes) is 1. The van der Waals surface area contributed by atoms with Crippen LogP contribution in [0.5, 0.6) is 5.75 Å². The zero-order chi connectivity index (χ0) is 20.6. The van der Waals surface area contributed by atoms with E-state index < -0.39 is 0 Å². The maximum Gasteiger partial charge on any atom is 0.255 e. The minimum atomic E-state index is -0.291. The number of thioether (sulfide) groups is 1. The zero-order valence-corrected chi connectivity index (χ0v) is 17.1. The molecule has 29 heavy (non-hydrogen) atoms. The minimum Gasteiger partial charge on any atom is -0.494 e. The van der Waals surface area contributed by atoms with Crippen molar-refractivity contribution in [1.29, 1.82) is 0 Å². The summed E-state index contributed by atoms with van der Waals surface area (Å²) in [4.78, 5) is 21.5. The monoisotopic (exact) mass is 415 g/mol. The molecule has 152 valence electrons. The summed E-state index contributed by atoms with van der Waals surface area (Å²) >= 11 is 1.39. The lowest BCUT2D eigenvalue weighted by Crippen LogP contribution is -2.27. The number of aromatic nitrogens is 2. The number of carbonyl (C=O) groups excluding carboxylic acids is 1. The van der Waals surface area contributed by atoms with Crippen molar-refractivity contribution < 1.29 is 18.3 Å². The molecule has 0 bridgehead atoms. The van der Waals surface area contributed by atoms with Gasteiger partial charge in [0.05, 0.1) is 24.1 Å². The average Bonchev–Trinajstić information content (AvgIpc) is 3.26. The summed E-state index contributed by atoms with van der Waals surface area (Å²) in [6.07, 6.45) is 4.95. The van der Waals surface area contributed by atoms with Crippen molar-refractivity contribution in [3.63, 3.8) is 0 Å². The number of hydrogen-bond donors (Lipinski definition) is 1. The molecule has 2 heterocycles. The van der Waals surface area contributed by atoms with Gasteiger partial charge in [0.2, 0.25) is 0 Å². The predicted octanol–water partition coefficient (Wildman–Crippen LogP) is 4.50. The number of hydrogen-bond acceptors (Lipinski definition) is 6. The van der Waals surface area contributed by atoms with Crippen LogP contribution in [-0.2, 0) is 0 Å². The number of benzene rings is 1. The van der Waals surface area contributed by atoms with E-state index in [0.717, 1.165) is 12.8 Å². The Kier molecular flexibility index (Phi) is 7.24. The maximum absolute atomic E-state index is 12.9. The van der Waals surface area contributed by atoms with Gasteiger partial charge >= 0.3 is 0 Å². The fraction of sp³-hybridized carbons (Fsp3) is 0.286. The zero-order valence-electron chi connectivity index (χ0n) is 16.3. The van der Waals surface area contributed by atoms with E-state index in [-0.39, 0.29) is 11.7 Å². The Balaban J connectivity index is 1.50. The molecule has 1 aromatic carbocycles. The maximum atomic E-state index is 12.9. The number of nitrogens with one attached hydrogen (secondary N) is 1. The van der Waals surface area contributed by atoms with Crippen LogP contribution in [0.3, 0.4) is 0 Å². The summed E-state index contributed by atoms with van der Waals surface area (Å²) in [6.45, 7) is 2.80. The molecule has 0 atom stereocenters. The highest BCUT2D eigenvalue weighted by atomic mass is 32.2. The predicted molar refractivity (Wildman–Crippen MR) is 110 cm³/mol. The highest BCUT2D eigenvalue weighted by Gasteiger charge is 2.19. The standard InChI is InChI=1S/C21H22FN3O3S/c1-14-18(21(29-2)25-19(24-14)17-6-5-13-28-17)20(26)23-11-3-4-12-27-16-9-7-15(22)8-10-16/h5-10,13H,3-4,11-12H2,1-2H3,(H,23,26). The second-order valence-electron chi connectivity index (χ2n) is 6.26. The first-order valence-corrected chi connectivity index (χ1v) is 10.4. The third-order valence-electron chi connectivity index (χ3n) is 4.16. The number of aryl methyl sites for hydroxylation is 1. The molecule has 0 radical (unpaired) electrons. The molecule has 0 fully saturated rings. The van der Waals surface area contributed by atoms with E-state index in [1.165, 1.54) is 23.9 Å². The molecule has 1 amide bonds. The Morgan fingerprint density at radius 2 is 2.00 bits per heavy atom. The molecule has 0 spiro atoms. The lowest BCUT2D eigenvalue weighted by molar-refractivity contribution is 0.0947. The van der Waals surface area contributed by atoms with E-state index in [2.05, 4.69) is 15.3 Å². The Labute approximate surface area is 172 Å². The van der Waals surface area contributed by atoms with E-state index in [1.54, 1.807) is 37.5 Å². The first-order valence-electron chi connectivity index (χ1n) is 9.21. The molecule has 3 aromatic rings. The van der Waals surface area contributed by atoms with E-state index in [1.807, 2.05) is 6.26 Å². The van der Waals surface area contributed by atoms with Gasteiger partial charge in [0.15, 0.2) is 11.6 Å². The van der Waals surface area contributed by atoms with Gasteiger partial charge in [-0.1, -0.05) is 0 Å². The number of nitrogens with zero attached hydrogens (tertiary/aromatic N) is 2. The molecule has 2 aromatic heterocycles. The quantitative estimate of drug-likeness (QED) is 0.315. The second-order valence-corrected chi connectivity index (χ2v) is 7.05. The van der Waals surface area contributed by atoms with E-state index >= 15 is 0 Å². The molecular formula is C21H22FN3O3S. The lowest BCUT2D eigenvalue weighted by Gasteiger charge is -2.12. The summed E-state index contributed by atoms with van der Waals surface area (Å²) in [5.74, 6) is 1.17. The van der Waals surface area contributed by atoms with Crippen LogP contribution >= 0.6 is 11.8 Å². The summed E-state index contributed by atoms with van der Waals surface area (Å²) in [5.41, 5.74) is 1.09. The third-order valence-corrected chi connectivity index (χ3v) is 4.84. The van der Waals surface area contributed by atoms with Gasteiger partial charge in [0.25, 0.3) is 5.91 Å². The van der Waals surface area contributed by atoms with E-state index in [9.17, 15) is 9.18 Å². The molecule has 0 saturated carbocycles. The molecule has 6 nitrogen and oxygen atoms in total. The van der Waals surface area contributed by atoms with E-state index in [0.29, 0.717) is 46.8 Å². The van der Waals surface area contributed by atoms with Crippen LogP contribution in [0, 0.1) is 12.7 Å². The van der Waals surface area contributed by atoms with Gasteiger partial charge in [0.1, 0.15) is 16.6 Å². The SMILES string of the molecule is CSc1nc(-c2ccco2)nc(C)c1C(=O)NCCCCOc1ccc(F)cc1. The normalized spacial score (nSPS) is 10.7. The van der Waals surface area contributed by atoms with Crippen molar-refractivity contribution in [1.82, 2.24) is 15.3 Å². The van der Waals surface area contributed by atoms with Crippen molar-refractivity contribution in [2.75, 3.05) is 19.4 Å². The van der Waals surface area contributed by atoms with Crippen molar-refractivity contribution in [2.45, 2.75) is 24.8 Å². The number of carbonyl (C=O) groups is 1. The molecule has 0 saturated heterocycles. The number of furan rings is 1. The van der Waals surface area contributed by atoms with Crippen molar-refractivity contribution in [2.24, 2.45) is 0 Å². The first kappa shape index (κ1) is 20.9. The molecule has 0 aliphatic carbocycles. The van der Waals surface area contributed by atoms with Gasteiger partial charge in [-0.25, -0.2) is 14.4 Å². The van der Waals surface area contributed by atoms with Crippen LogP contribution in [0.4, 0.5) is 4.39 Å². The Bertz CT molecular complexity index is 947. The van der Waals surface area contributed by atoms with Gasteiger partial charge in [-0.2, -0.15) is 0 Å². The van der Waals surface area contributed by atoms with Crippen LogP contribution < -0.4 is 10.1 Å². The fourth-order valence-corrected chi connectivity index (χ4v) is 3.33. The number of halogens is 1. The summed E-state index contributed by atoms with van der Waals surface area (Å²) in [6, 6.07) is 9.47. The second kappa shape index (κ2) is 10.1. The van der Waals surface area contributed by atoms with Gasteiger partial charge in [-0.15, -0.1) is 11.8 Å². The largest absolute Gasteiger partial charge is 0.494 e. The van der Waals surface area contributed by atoms with Crippen LogP contribution in [-0.4, -0.2) is 35.3 Å². The molecule has 0 aliphatic rings. The highest BCUT2D eigenvalue weighted by molar-refractivity contribution is 7.98.